The van der Waals surface area contributed by atoms with E-state index in [1.165, 1.54) is 10.4 Å². The van der Waals surface area contributed by atoms with Crippen molar-refractivity contribution in [3.8, 4) is 0 Å². The first-order chi connectivity index (χ1) is 12.3. The lowest BCUT2D eigenvalue weighted by molar-refractivity contribution is -0.295. The van der Waals surface area contributed by atoms with Crippen molar-refractivity contribution in [1.29, 1.82) is 0 Å². The standard InChI is InChI=1S/C19H21NO4S2/c1-13-5-6-14(2)15(11-13)12-16(19(21)22)17-7-8-18(25-17)26(23,24)20-9-3-4-10-20/h5-8,11-12H,3-4,9-10H2,1-2H3,(H,21,22)/p-1/b16-12-. The zero-order valence-corrected chi connectivity index (χ0v) is 16.3. The minimum atomic E-state index is -3.55. The molecule has 0 radical (unpaired) electrons. The van der Waals surface area contributed by atoms with Gasteiger partial charge in [-0.3, -0.25) is 0 Å². The third kappa shape index (κ3) is 3.75. The summed E-state index contributed by atoms with van der Waals surface area (Å²) in [4.78, 5) is 12.1. The number of nitrogens with zero attached hydrogens (tertiary/aromatic N) is 1. The molecule has 5 nitrogen and oxygen atoms in total. The number of hydrogen-bond donors (Lipinski definition) is 0. The van der Waals surface area contributed by atoms with Crippen LogP contribution in [0.25, 0.3) is 11.6 Å². The van der Waals surface area contributed by atoms with E-state index in [4.69, 9.17) is 0 Å². The monoisotopic (exact) mass is 390 g/mol. The van der Waals surface area contributed by atoms with Crippen LogP contribution in [0.4, 0.5) is 0 Å². The number of aliphatic carboxylic acids is 1. The van der Waals surface area contributed by atoms with Crippen molar-refractivity contribution in [2.24, 2.45) is 0 Å². The average Bonchev–Trinajstić information content (AvgIpc) is 3.27. The number of aryl methyl sites for hydroxylation is 2. The Morgan fingerprint density at radius 2 is 1.85 bits per heavy atom. The number of carboxylic acid groups (broad SMARTS) is 1. The highest BCUT2D eigenvalue weighted by Gasteiger charge is 2.28. The Labute approximate surface area is 157 Å². The molecule has 138 valence electrons. The molecule has 1 aliphatic heterocycles. The molecule has 2 aromatic rings. The Kier molecular flexibility index (Phi) is 5.32. The van der Waals surface area contributed by atoms with E-state index in [0.29, 0.717) is 18.0 Å². The van der Waals surface area contributed by atoms with Gasteiger partial charge in [0.05, 0.1) is 5.97 Å². The molecule has 0 bridgehead atoms. The normalized spacial score (nSPS) is 16.2. The fraction of sp³-hybridized carbons (Fsp3) is 0.316. The molecule has 7 heteroatoms. The molecule has 0 N–H and O–H groups in total. The van der Waals surface area contributed by atoms with Crippen LogP contribution in [-0.4, -0.2) is 31.8 Å². The van der Waals surface area contributed by atoms with Crippen LogP contribution in [0.3, 0.4) is 0 Å². The fourth-order valence-electron chi connectivity index (χ4n) is 2.96. The Bertz CT molecular complexity index is 967. The molecule has 0 amide bonds. The highest BCUT2D eigenvalue weighted by atomic mass is 32.2. The van der Waals surface area contributed by atoms with Crippen molar-refractivity contribution < 1.29 is 18.3 Å². The zero-order chi connectivity index (χ0) is 18.9. The molecule has 1 fully saturated rings. The van der Waals surface area contributed by atoms with E-state index in [1.807, 2.05) is 32.0 Å². The lowest BCUT2D eigenvalue weighted by Gasteiger charge is -2.13. The van der Waals surface area contributed by atoms with Gasteiger partial charge in [0, 0.05) is 23.5 Å². The van der Waals surface area contributed by atoms with Crippen LogP contribution in [0.1, 0.15) is 34.4 Å². The van der Waals surface area contributed by atoms with Crippen molar-refractivity contribution >= 4 is 39.0 Å². The van der Waals surface area contributed by atoms with Crippen LogP contribution < -0.4 is 5.11 Å². The van der Waals surface area contributed by atoms with Gasteiger partial charge < -0.3 is 9.90 Å². The number of rotatable bonds is 5. The number of carbonyl (C=O) groups is 1. The quantitative estimate of drug-likeness (QED) is 0.735. The summed E-state index contributed by atoms with van der Waals surface area (Å²) in [6.07, 6.45) is 3.26. The summed E-state index contributed by atoms with van der Waals surface area (Å²) in [7, 11) is -3.55. The van der Waals surface area contributed by atoms with Gasteiger partial charge in [0.2, 0.25) is 0 Å². The number of thiophene rings is 1. The summed E-state index contributed by atoms with van der Waals surface area (Å²) in [6.45, 7) is 4.86. The number of benzene rings is 1. The predicted molar refractivity (Wildman–Crippen MR) is 101 cm³/mol. The van der Waals surface area contributed by atoms with Crippen molar-refractivity contribution in [1.82, 2.24) is 4.31 Å². The smallest absolute Gasteiger partial charge is 0.252 e. The topological polar surface area (TPSA) is 77.5 Å². The number of hydrogen-bond acceptors (Lipinski definition) is 5. The van der Waals surface area contributed by atoms with Crippen LogP contribution in [0.5, 0.6) is 0 Å². The van der Waals surface area contributed by atoms with Gasteiger partial charge in [0.25, 0.3) is 10.0 Å². The lowest BCUT2D eigenvalue weighted by atomic mass is 10.0. The zero-order valence-electron chi connectivity index (χ0n) is 14.7. The summed E-state index contributed by atoms with van der Waals surface area (Å²) in [5, 5.41) is 11.7. The highest BCUT2D eigenvalue weighted by molar-refractivity contribution is 7.91. The van der Waals surface area contributed by atoms with Gasteiger partial charge in [-0.05, 0) is 56.0 Å². The Morgan fingerprint density at radius 1 is 1.15 bits per heavy atom. The Balaban J connectivity index is 2.00. The molecule has 0 aliphatic carbocycles. The number of sulfonamides is 1. The number of carbonyl (C=O) groups excluding carboxylic acids is 1. The third-order valence-corrected chi connectivity index (χ3v) is 7.95. The van der Waals surface area contributed by atoms with E-state index in [0.717, 1.165) is 40.9 Å². The molecule has 0 unspecified atom stereocenters. The summed E-state index contributed by atoms with van der Waals surface area (Å²) < 4.78 is 26.9. The second kappa shape index (κ2) is 7.34. The van der Waals surface area contributed by atoms with E-state index in [-0.39, 0.29) is 9.78 Å². The molecule has 26 heavy (non-hydrogen) atoms. The van der Waals surface area contributed by atoms with Crippen molar-refractivity contribution in [3.63, 3.8) is 0 Å². The van der Waals surface area contributed by atoms with Crippen molar-refractivity contribution in [3.05, 3.63) is 51.9 Å². The van der Waals surface area contributed by atoms with Crippen molar-refractivity contribution in [2.45, 2.75) is 30.9 Å². The van der Waals surface area contributed by atoms with Crippen LogP contribution in [0.15, 0.2) is 34.5 Å². The van der Waals surface area contributed by atoms with Crippen molar-refractivity contribution in [2.75, 3.05) is 13.1 Å². The summed E-state index contributed by atoms with van der Waals surface area (Å²) in [5.41, 5.74) is 2.73. The molecule has 0 atom stereocenters. The first-order valence-electron chi connectivity index (χ1n) is 8.40. The summed E-state index contributed by atoms with van der Waals surface area (Å²) in [6, 6.07) is 8.80. The van der Waals surface area contributed by atoms with E-state index in [2.05, 4.69) is 0 Å². The van der Waals surface area contributed by atoms with Crippen LogP contribution in [0, 0.1) is 13.8 Å². The molecule has 0 spiro atoms. The van der Waals surface area contributed by atoms with Gasteiger partial charge >= 0.3 is 0 Å². The SMILES string of the molecule is Cc1ccc(C)c(/C=C(\C(=O)[O-])c2ccc(S(=O)(=O)N3CCCC3)s2)c1. The largest absolute Gasteiger partial charge is 0.545 e. The van der Waals surface area contributed by atoms with E-state index >= 15 is 0 Å². The minimum Gasteiger partial charge on any atom is -0.545 e. The molecule has 1 saturated heterocycles. The maximum absolute atomic E-state index is 12.7. The molecule has 2 heterocycles. The van der Waals surface area contributed by atoms with E-state index in [9.17, 15) is 18.3 Å². The molecule has 0 saturated carbocycles. The minimum absolute atomic E-state index is 0.00780. The molecular weight excluding hydrogens is 370 g/mol. The van der Waals surface area contributed by atoms with E-state index in [1.54, 1.807) is 12.1 Å². The first kappa shape index (κ1) is 18.8. The predicted octanol–water partition coefficient (Wildman–Crippen LogP) is 2.44. The van der Waals surface area contributed by atoms with Crippen LogP contribution in [-0.2, 0) is 14.8 Å². The number of carboxylic acids is 1. The van der Waals surface area contributed by atoms with Gasteiger partial charge in [-0.1, -0.05) is 23.8 Å². The average molecular weight is 391 g/mol. The Hall–Kier alpha value is -1.96. The second-order valence-corrected chi connectivity index (χ2v) is 9.68. The van der Waals surface area contributed by atoms with E-state index < -0.39 is 16.0 Å². The summed E-state index contributed by atoms with van der Waals surface area (Å²) >= 11 is 0.974. The maximum atomic E-state index is 12.7. The Morgan fingerprint density at radius 3 is 2.50 bits per heavy atom. The van der Waals surface area contributed by atoms with Gasteiger partial charge in [0.1, 0.15) is 4.21 Å². The second-order valence-electron chi connectivity index (χ2n) is 6.44. The van der Waals surface area contributed by atoms with Crippen LogP contribution >= 0.6 is 11.3 Å². The lowest BCUT2D eigenvalue weighted by Crippen LogP contribution is -2.27. The van der Waals surface area contributed by atoms with Gasteiger partial charge in [-0.2, -0.15) is 4.31 Å². The molecular formula is C19H20NO4S2-. The van der Waals surface area contributed by atoms with Gasteiger partial charge in [-0.25, -0.2) is 8.42 Å². The summed E-state index contributed by atoms with van der Waals surface area (Å²) in [5.74, 6) is -1.32. The molecule has 1 aromatic carbocycles. The fourth-order valence-corrected chi connectivity index (χ4v) is 5.94. The van der Waals surface area contributed by atoms with Crippen LogP contribution in [0.2, 0.25) is 0 Å². The molecule has 3 rings (SSSR count). The third-order valence-electron chi connectivity index (χ3n) is 4.46. The molecule has 1 aliphatic rings. The van der Waals surface area contributed by atoms with Gasteiger partial charge in [0.15, 0.2) is 0 Å². The first-order valence-corrected chi connectivity index (χ1v) is 10.7. The van der Waals surface area contributed by atoms with Gasteiger partial charge in [-0.15, -0.1) is 11.3 Å². The molecule has 1 aromatic heterocycles. The highest BCUT2D eigenvalue weighted by Crippen LogP contribution is 2.32. The maximum Gasteiger partial charge on any atom is 0.252 e.